The van der Waals surface area contributed by atoms with Gasteiger partial charge >= 0.3 is 6.03 Å². The van der Waals surface area contributed by atoms with Crippen molar-refractivity contribution in [1.82, 2.24) is 10.2 Å². The van der Waals surface area contributed by atoms with Crippen molar-refractivity contribution < 1.29 is 19.1 Å². The lowest BCUT2D eigenvalue weighted by atomic mass is 10.1. The molecule has 0 radical (unpaired) electrons. The van der Waals surface area contributed by atoms with E-state index in [0.29, 0.717) is 42.2 Å². The lowest BCUT2D eigenvalue weighted by molar-refractivity contribution is 0.0772. The summed E-state index contributed by atoms with van der Waals surface area (Å²) in [6, 6.07) is 13.6. The molecule has 1 aliphatic carbocycles. The largest absolute Gasteiger partial charge is 0.497 e. The molecule has 2 N–H and O–H groups in total. The van der Waals surface area contributed by atoms with Crippen LogP contribution >= 0.6 is 0 Å². The summed E-state index contributed by atoms with van der Waals surface area (Å²) in [7, 11) is 1.67. The van der Waals surface area contributed by atoms with Gasteiger partial charge in [-0.25, -0.2) is 4.79 Å². The van der Waals surface area contributed by atoms with E-state index in [4.69, 9.17) is 9.47 Å². The second-order valence-corrected chi connectivity index (χ2v) is 9.03. The van der Waals surface area contributed by atoms with Gasteiger partial charge in [-0.15, -0.1) is 0 Å². The number of urea groups is 1. The topological polar surface area (TPSA) is 79.9 Å². The van der Waals surface area contributed by atoms with E-state index in [-0.39, 0.29) is 18.0 Å². The number of nitrogens with zero attached hydrogens (tertiary/aromatic N) is 1. The van der Waals surface area contributed by atoms with E-state index < -0.39 is 0 Å². The van der Waals surface area contributed by atoms with Gasteiger partial charge in [-0.1, -0.05) is 18.2 Å². The van der Waals surface area contributed by atoms with Crippen LogP contribution in [0.15, 0.2) is 42.5 Å². The Balaban J connectivity index is 1.20. The third-order valence-corrected chi connectivity index (χ3v) is 6.98. The SMILES string of the molecule is COc1ccc(C2C3CN(C(=O)c4ccc(C)c(NC(=O)NC5CCOC5)c4)CC32)cc1. The fraction of sp³-hybridized carbons (Fsp3) is 0.440. The van der Waals surface area contributed by atoms with Gasteiger partial charge in [-0.3, -0.25) is 4.79 Å². The molecule has 168 valence electrons. The fourth-order valence-electron chi connectivity index (χ4n) is 5.08. The number of aryl methyl sites for hydroxylation is 1. The number of methoxy groups -OCH3 is 1. The molecule has 7 nitrogen and oxygen atoms in total. The molecule has 32 heavy (non-hydrogen) atoms. The molecule has 1 saturated carbocycles. The van der Waals surface area contributed by atoms with Crippen molar-refractivity contribution >= 4 is 17.6 Å². The van der Waals surface area contributed by atoms with Crippen LogP contribution in [-0.4, -0.2) is 56.3 Å². The monoisotopic (exact) mass is 435 g/mol. The Kier molecular flexibility index (Phi) is 5.51. The van der Waals surface area contributed by atoms with Crippen molar-refractivity contribution in [3.8, 4) is 5.75 Å². The van der Waals surface area contributed by atoms with Crippen LogP contribution in [0.1, 0.15) is 33.8 Å². The summed E-state index contributed by atoms with van der Waals surface area (Å²) in [4.78, 5) is 27.4. The van der Waals surface area contributed by atoms with E-state index in [0.717, 1.165) is 30.8 Å². The second kappa shape index (κ2) is 8.47. The van der Waals surface area contributed by atoms with Gasteiger partial charge in [-0.2, -0.15) is 0 Å². The predicted molar refractivity (Wildman–Crippen MR) is 121 cm³/mol. The van der Waals surface area contributed by atoms with Crippen molar-refractivity contribution in [3.05, 3.63) is 59.2 Å². The molecule has 7 heteroatoms. The average molecular weight is 436 g/mol. The number of carbonyl (C=O) groups excluding carboxylic acids is 2. The number of fused-ring (bicyclic) bond motifs is 1. The summed E-state index contributed by atoms with van der Waals surface area (Å²) in [6.45, 7) is 4.69. The van der Waals surface area contributed by atoms with E-state index in [1.807, 2.05) is 36.1 Å². The summed E-state index contributed by atoms with van der Waals surface area (Å²) in [5.74, 6) is 2.47. The molecule has 2 heterocycles. The third kappa shape index (κ3) is 4.05. The van der Waals surface area contributed by atoms with Gasteiger partial charge in [0.15, 0.2) is 0 Å². The van der Waals surface area contributed by atoms with E-state index in [1.165, 1.54) is 5.56 Å². The van der Waals surface area contributed by atoms with Crippen LogP contribution in [0.4, 0.5) is 10.5 Å². The minimum atomic E-state index is -0.266. The number of carbonyl (C=O) groups is 2. The number of hydrogen-bond donors (Lipinski definition) is 2. The zero-order valence-corrected chi connectivity index (χ0v) is 18.5. The van der Waals surface area contributed by atoms with Crippen LogP contribution in [0.2, 0.25) is 0 Å². The Hall–Kier alpha value is -3.06. The number of hydrogen-bond acceptors (Lipinski definition) is 4. The molecule has 3 atom stereocenters. The Morgan fingerprint density at radius 3 is 2.50 bits per heavy atom. The highest BCUT2D eigenvalue weighted by Crippen LogP contribution is 2.58. The number of piperidine rings is 1. The molecule has 0 bridgehead atoms. The van der Waals surface area contributed by atoms with Gasteiger partial charge in [0.2, 0.25) is 0 Å². The zero-order chi connectivity index (χ0) is 22.2. The average Bonchev–Trinajstić information content (AvgIpc) is 3.14. The highest BCUT2D eigenvalue weighted by atomic mass is 16.5. The van der Waals surface area contributed by atoms with E-state index in [9.17, 15) is 9.59 Å². The van der Waals surface area contributed by atoms with Gasteiger partial charge < -0.3 is 25.0 Å². The fourth-order valence-corrected chi connectivity index (χ4v) is 5.08. The van der Waals surface area contributed by atoms with Crippen LogP contribution in [0, 0.1) is 18.8 Å². The van der Waals surface area contributed by atoms with Crippen molar-refractivity contribution in [1.29, 1.82) is 0 Å². The van der Waals surface area contributed by atoms with Crippen molar-refractivity contribution in [2.75, 3.05) is 38.7 Å². The number of benzene rings is 2. The van der Waals surface area contributed by atoms with Crippen molar-refractivity contribution in [2.45, 2.75) is 25.3 Å². The van der Waals surface area contributed by atoms with Gasteiger partial charge in [0.25, 0.3) is 5.91 Å². The molecule has 5 rings (SSSR count). The van der Waals surface area contributed by atoms with Crippen LogP contribution in [-0.2, 0) is 4.74 Å². The van der Waals surface area contributed by atoms with E-state index >= 15 is 0 Å². The lowest BCUT2D eigenvalue weighted by Crippen LogP contribution is -2.38. The molecular weight excluding hydrogens is 406 g/mol. The first kappa shape index (κ1) is 20.8. The van der Waals surface area contributed by atoms with Gasteiger partial charge in [0, 0.05) is 30.9 Å². The second-order valence-electron chi connectivity index (χ2n) is 9.03. The summed E-state index contributed by atoms with van der Waals surface area (Å²) in [5, 5.41) is 5.81. The minimum absolute atomic E-state index is 0.0262. The summed E-state index contributed by atoms with van der Waals surface area (Å²) in [6.07, 6.45) is 0.819. The summed E-state index contributed by atoms with van der Waals surface area (Å²) >= 11 is 0. The van der Waals surface area contributed by atoms with Gasteiger partial charge in [0.1, 0.15) is 5.75 Å². The number of ether oxygens (including phenoxy) is 2. The molecule has 2 aromatic rings. The molecule has 3 unspecified atom stereocenters. The number of rotatable bonds is 5. The number of amides is 3. The lowest BCUT2D eigenvalue weighted by Gasteiger charge is -2.21. The maximum Gasteiger partial charge on any atom is 0.319 e. The van der Waals surface area contributed by atoms with Crippen molar-refractivity contribution in [3.63, 3.8) is 0 Å². The Bertz CT molecular complexity index is 1000. The van der Waals surface area contributed by atoms with E-state index in [2.05, 4.69) is 22.8 Å². The van der Waals surface area contributed by atoms with Crippen LogP contribution in [0.5, 0.6) is 5.75 Å². The molecule has 0 aromatic heterocycles. The Morgan fingerprint density at radius 1 is 1.09 bits per heavy atom. The first-order valence-corrected chi connectivity index (χ1v) is 11.2. The smallest absolute Gasteiger partial charge is 0.319 e. The summed E-state index contributed by atoms with van der Waals surface area (Å²) < 4.78 is 10.5. The molecule has 3 aliphatic rings. The van der Waals surface area contributed by atoms with Gasteiger partial charge in [-0.05, 0) is 66.5 Å². The summed E-state index contributed by atoms with van der Waals surface area (Å²) in [5.41, 5.74) is 3.52. The number of anilines is 1. The zero-order valence-electron chi connectivity index (χ0n) is 18.5. The molecule has 2 aliphatic heterocycles. The maximum atomic E-state index is 13.1. The molecule has 3 fully saturated rings. The quantitative estimate of drug-likeness (QED) is 0.755. The standard InChI is InChI=1S/C25H29N3O4/c1-15-3-4-17(11-22(15)27-25(30)26-18-9-10-32-14-18)24(29)28-12-20-21(13-28)23(20)16-5-7-19(31-2)8-6-16/h3-8,11,18,20-21,23H,9-10,12-14H2,1-2H3,(H2,26,27,30). The minimum Gasteiger partial charge on any atom is -0.497 e. The highest BCUT2D eigenvalue weighted by Gasteiger charge is 2.57. The highest BCUT2D eigenvalue weighted by molar-refractivity contribution is 5.97. The van der Waals surface area contributed by atoms with Crippen molar-refractivity contribution in [2.24, 2.45) is 11.8 Å². The van der Waals surface area contributed by atoms with Crippen LogP contribution < -0.4 is 15.4 Å². The normalized spacial score (nSPS) is 25.9. The van der Waals surface area contributed by atoms with E-state index in [1.54, 1.807) is 13.2 Å². The molecule has 2 saturated heterocycles. The predicted octanol–water partition coefficient (Wildman–Crippen LogP) is 3.40. The van der Waals surface area contributed by atoms with Crippen LogP contribution in [0.25, 0.3) is 0 Å². The van der Waals surface area contributed by atoms with Crippen LogP contribution in [0.3, 0.4) is 0 Å². The first-order chi connectivity index (χ1) is 15.5. The third-order valence-electron chi connectivity index (χ3n) is 6.98. The molecule has 3 amide bonds. The number of nitrogens with one attached hydrogen (secondary N) is 2. The Labute approximate surface area is 188 Å². The van der Waals surface area contributed by atoms with Gasteiger partial charge in [0.05, 0.1) is 19.8 Å². The molecule has 2 aromatic carbocycles. The first-order valence-electron chi connectivity index (χ1n) is 11.2. The Morgan fingerprint density at radius 2 is 1.84 bits per heavy atom. The molecule has 0 spiro atoms. The number of likely N-dealkylation sites (tertiary alicyclic amines) is 1. The maximum absolute atomic E-state index is 13.1. The molecular formula is C25H29N3O4.